The summed E-state index contributed by atoms with van der Waals surface area (Å²) in [4.78, 5) is 36.4. The summed E-state index contributed by atoms with van der Waals surface area (Å²) in [5.41, 5.74) is 5.95. The average molecular weight is 390 g/mol. The molecule has 0 aliphatic heterocycles. The smallest absolute Gasteiger partial charge is 0.330 e. The van der Waals surface area contributed by atoms with Gasteiger partial charge in [-0.2, -0.15) is 0 Å². The normalized spacial score (nSPS) is 12.2. The predicted octanol–water partition coefficient (Wildman–Crippen LogP) is 3.09. The van der Waals surface area contributed by atoms with Gasteiger partial charge in [0.2, 0.25) is 5.91 Å². The highest BCUT2D eigenvalue weighted by Crippen LogP contribution is 2.28. The Morgan fingerprint density at radius 3 is 2.17 bits per heavy atom. The number of hydrogen-bond acceptors (Lipinski definition) is 4. The Balaban J connectivity index is 1.93. The van der Waals surface area contributed by atoms with Crippen LogP contribution in [0.2, 0.25) is 0 Å². The largest absolute Gasteiger partial charge is 0.463 e. The van der Waals surface area contributed by atoms with E-state index < -0.39 is 23.8 Å². The monoisotopic (exact) mass is 390 g/mol. The SMILES string of the molecule is CCOC(=O)/C=C/C[C@@H](NC(=O)c1c2ccccc2cc2ccccc12)C(N)=O. The van der Waals surface area contributed by atoms with Crippen molar-refractivity contribution in [2.45, 2.75) is 19.4 Å². The number of esters is 1. The highest BCUT2D eigenvalue weighted by molar-refractivity contribution is 6.18. The zero-order valence-corrected chi connectivity index (χ0v) is 16.1. The lowest BCUT2D eigenvalue weighted by Crippen LogP contribution is -2.44. The molecule has 3 rings (SSSR count). The van der Waals surface area contributed by atoms with Gasteiger partial charge in [-0.25, -0.2) is 4.79 Å². The van der Waals surface area contributed by atoms with Crippen molar-refractivity contribution in [3.8, 4) is 0 Å². The molecular weight excluding hydrogens is 368 g/mol. The number of ether oxygens (including phenoxy) is 1. The van der Waals surface area contributed by atoms with Crippen LogP contribution in [0.5, 0.6) is 0 Å². The van der Waals surface area contributed by atoms with Crippen molar-refractivity contribution in [1.29, 1.82) is 0 Å². The van der Waals surface area contributed by atoms with Gasteiger partial charge in [-0.15, -0.1) is 0 Å². The van der Waals surface area contributed by atoms with Crippen LogP contribution in [0.1, 0.15) is 23.7 Å². The van der Waals surface area contributed by atoms with Gasteiger partial charge < -0.3 is 15.8 Å². The molecule has 3 aromatic rings. The topological polar surface area (TPSA) is 98.5 Å². The molecule has 0 heterocycles. The van der Waals surface area contributed by atoms with Crippen LogP contribution in [0.25, 0.3) is 21.5 Å². The number of benzene rings is 3. The molecule has 1 atom stereocenters. The first kappa shape index (κ1) is 20.1. The Bertz CT molecular complexity index is 1050. The van der Waals surface area contributed by atoms with Crippen LogP contribution in [-0.2, 0) is 14.3 Å². The summed E-state index contributed by atoms with van der Waals surface area (Å²) < 4.78 is 4.80. The molecule has 0 saturated heterocycles. The van der Waals surface area contributed by atoms with Crippen LogP contribution in [0, 0.1) is 0 Å². The van der Waals surface area contributed by atoms with Gasteiger partial charge in [0.05, 0.1) is 12.2 Å². The van der Waals surface area contributed by atoms with Gasteiger partial charge in [0, 0.05) is 6.08 Å². The molecule has 0 spiro atoms. The maximum absolute atomic E-state index is 13.2. The number of rotatable bonds is 7. The first-order valence-electron chi connectivity index (χ1n) is 9.35. The van der Waals surface area contributed by atoms with Crippen molar-refractivity contribution in [2.24, 2.45) is 5.73 Å². The molecule has 0 saturated carbocycles. The molecule has 29 heavy (non-hydrogen) atoms. The third-order valence-electron chi connectivity index (χ3n) is 4.56. The molecule has 0 aromatic heterocycles. The second kappa shape index (κ2) is 9.01. The van der Waals surface area contributed by atoms with E-state index in [2.05, 4.69) is 5.32 Å². The molecule has 0 aliphatic rings. The zero-order valence-electron chi connectivity index (χ0n) is 16.1. The van der Waals surface area contributed by atoms with E-state index in [1.807, 2.05) is 54.6 Å². The summed E-state index contributed by atoms with van der Waals surface area (Å²) in [5, 5.41) is 6.13. The van der Waals surface area contributed by atoms with Gasteiger partial charge in [0.15, 0.2) is 0 Å². The van der Waals surface area contributed by atoms with Crippen LogP contribution in [0.3, 0.4) is 0 Å². The summed E-state index contributed by atoms with van der Waals surface area (Å²) in [6.07, 6.45) is 2.77. The molecule has 3 aromatic carbocycles. The number of nitrogens with one attached hydrogen (secondary N) is 1. The number of carbonyl (C=O) groups is 3. The number of carbonyl (C=O) groups excluding carboxylic acids is 3. The third kappa shape index (κ3) is 4.60. The maximum atomic E-state index is 13.2. The van der Waals surface area contributed by atoms with E-state index in [1.54, 1.807) is 6.92 Å². The Kier molecular flexibility index (Phi) is 6.24. The minimum Gasteiger partial charge on any atom is -0.463 e. The van der Waals surface area contributed by atoms with Crippen molar-refractivity contribution in [3.05, 3.63) is 72.3 Å². The number of primary amides is 1. The minimum atomic E-state index is -0.953. The second-order valence-corrected chi connectivity index (χ2v) is 6.51. The number of amides is 2. The fourth-order valence-corrected chi connectivity index (χ4v) is 3.23. The summed E-state index contributed by atoms with van der Waals surface area (Å²) >= 11 is 0. The molecule has 6 nitrogen and oxygen atoms in total. The van der Waals surface area contributed by atoms with Crippen LogP contribution in [-0.4, -0.2) is 30.4 Å². The van der Waals surface area contributed by atoms with E-state index in [1.165, 1.54) is 12.2 Å². The standard InChI is InChI=1S/C23H22N2O4/c1-2-29-20(26)13-7-12-19(22(24)27)25-23(28)21-17-10-5-3-8-15(17)14-16-9-4-6-11-18(16)21/h3-11,13-14,19H,2,12H2,1H3,(H2,24,27)(H,25,28)/b13-7+/t19-/m1/s1. The van der Waals surface area contributed by atoms with E-state index in [0.717, 1.165) is 21.5 Å². The van der Waals surface area contributed by atoms with Crippen molar-refractivity contribution >= 4 is 39.3 Å². The molecule has 0 unspecified atom stereocenters. The van der Waals surface area contributed by atoms with Gasteiger partial charge >= 0.3 is 5.97 Å². The molecule has 3 N–H and O–H groups in total. The van der Waals surface area contributed by atoms with Crippen LogP contribution >= 0.6 is 0 Å². The van der Waals surface area contributed by atoms with Crippen molar-refractivity contribution < 1.29 is 19.1 Å². The van der Waals surface area contributed by atoms with Crippen molar-refractivity contribution in [1.82, 2.24) is 5.32 Å². The lowest BCUT2D eigenvalue weighted by Gasteiger charge is -2.16. The fourth-order valence-electron chi connectivity index (χ4n) is 3.23. The Hall–Kier alpha value is -3.67. The average Bonchev–Trinajstić information content (AvgIpc) is 2.71. The highest BCUT2D eigenvalue weighted by atomic mass is 16.5. The predicted molar refractivity (Wildman–Crippen MR) is 112 cm³/mol. The molecular formula is C23H22N2O4. The Morgan fingerprint density at radius 1 is 1.03 bits per heavy atom. The summed E-state index contributed by atoms with van der Waals surface area (Å²) in [7, 11) is 0. The summed E-state index contributed by atoms with van der Waals surface area (Å²) in [5.74, 6) is -1.59. The van der Waals surface area contributed by atoms with Gasteiger partial charge in [-0.3, -0.25) is 9.59 Å². The molecule has 148 valence electrons. The molecule has 0 fully saturated rings. The first-order valence-corrected chi connectivity index (χ1v) is 9.35. The van der Waals surface area contributed by atoms with E-state index >= 15 is 0 Å². The zero-order chi connectivity index (χ0) is 20.8. The maximum Gasteiger partial charge on any atom is 0.330 e. The Labute approximate surface area is 168 Å². The van der Waals surface area contributed by atoms with Crippen LogP contribution < -0.4 is 11.1 Å². The molecule has 6 heteroatoms. The van der Waals surface area contributed by atoms with E-state index in [9.17, 15) is 14.4 Å². The molecule has 0 radical (unpaired) electrons. The lowest BCUT2D eigenvalue weighted by molar-refractivity contribution is -0.137. The van der Waals surface area contributed by atoms with Gasteiger partial charge in [0.25, 0.3) is 5.91 Å². The third-order valence-corrected chi connectivity index (χ3v) is 4.56. The lowest BCUT2D eigenvalue weighted by atomic mass is 9.96. The number of fused-ring (bicyclic) bond motifs is 2. The Morgan fingerprint density at radius 2 is 1.62 bits per heavy atom. The van der Waals surface area contributed by atoms with E-state index in [-0.39, 0.29) is 13.0 Å². The summed E-state index contributed by atoms with van der Waals surface area (Å²) in [6.45, 7) is 1.96. The van der Waals surface area contributed by atoms with E-state index in [0.29, 0.717) is 5.56 Å². The molecule has 2 amide bonds. The minimum absolute atomic E-state index is 0.0859. The molecule has 0 bridgehead atoms. The van der Waals surface area contributed by atoms with E-state index in [4.69, 9.17) is 10.5 Å². The first-order chi connectivity index (χ1) is 14.0. The van der Waals surface area contributed by atoms with Crippen molar-refractivity contribution in [3.63, 3.8) is 0 Å². The van der Waals surface area contributed by atoms with Crippen molar-refractivity contribution in [2.75, 3.05) is 6.61 Å². The molecule has 0 aliphatic carbocycles. The highest BCUT2D eigenvalue weighted by Gasteiger charge is 2.21. The number of nitrogens with two attached hydrogens (primary N) is 1. The fraction of sp³-hybridized carbons (Fsp3) is 0.174. The van der Waals surface area contributed by atoms with Crippen LogP contribution in [0.15, 0.2) is 66.7 Å². The van der Waals surface area contributed by atoms with Gasteiger partial charge in [-0.05, 0) is 41.0 Å². The quantitative estimate of drug-likeness (QED) is 0.368. The van der Waals surface area contributed by atoms with Gasteiger partial charge in [0.1, 0.15) is 6.04 Å². The van der Waals surface area contributed by atoms with Gasteiger partial charge in [-0.1, -0.05) is 54.6 Å². The van der Waals surface area contributed by atoms with Crippen LogP contribution in [0.4, 0.5) is 0 Å². The second-order valence-electron chi connectivity index (χ2n) is 6.51. The summed E-state index contributed by atoms with van der Waals surface area (Å²) in [6, 6.07) is 16.2. The number of hydrogen-bond donors (Lipinski definition) is 2.